The molecule has 1 aliphatic carbocycles. The van der Waals surface area contributed by atoms with Gasteiger partial charge < -0.3 is 10.1 Å². The first-order chi connectivity index (χ1) is 12.5. The van der Waals surface area contributed by atoms with Crippen LogP contribution in [0.15, 0.2) is 42.5 Å². The van der Waals surface area contributed by atoms with E-state index in [1.165, 1.54) is 24.6 Å². The molecule has 136 valence electrons. The molecule has 1 N–H and O–H groups in total. The number of benzene rings is 2. The Morgan fingerprint density at radius 2 is 2.00 bits per heavy atom. The number of amides is 1. The zero-order chi connectivity index (χ0) is 18.7. The van der Waals surface area contributed by atoms with Gasteiger partial charge in [0.05, 0.1) is 11.1 Å². The largest absolute Gasteiger partial charge is 0.449 e. The molecule has 0 radical (unpaired) electrons. The summed E-state index contributed by atoms with van der Waals surface area (Å²) in [5.74, 6) is -2.16. The van der Waals surface area contributed by atoms with Gasteiger partial charge in [-0.1, -0.05) is 41.9 Å². The predicted octanol–water partition coefficient (Wildman–Crippen LogP) is 4.22. The summed E-state index contributed by atoms with van der Waals surface area (Å²) in [7, 11) is 0. The molecule has 0 aliphatic heterocycles. The Morgan fingerprint density at radius 1 is 1.23 bits per heavy atom. The molecule has 4 nitrogen and oxygen atoms in total. The Labute approximate surface area is 156 Å². The van der Waals surface area contributed by atoms with Crippen molar-refractivity contribution >= 4 is 23.5 Å². The van der Waals surface area contributed by atoms with Gasteiger partial charge >= 0.3 is 5.97 Å². The van der Waals surface area contributed by atoms with Crippen LogP contribution in [0.3, 0.4) is 0 Å². The number of esters is 1. The van der Waals surface area contributed by atoms with E-state index >= 15 is 0 Å². The summed E-state index contributed by atoms with van der Waals surface area (Å²) < 4.78 is 18.9. The van der Waals surface area contributed by atoms with Crippen LogP contribution in [-0.2, 0) is 16.0 Å². The minimum absolute atomic E-state index is 0.0520. The van der Waals surface area contributed by atoms with Crippen molar-refractivity contribution in [2.24, 2.45) is 0 Å². The number of hydrogen-bond acceptors (Lipinski definition) is 3. The highest BCUT2D eigenvalue weighted by atomic mass is 35.5. The smallest absolute Gasteiger partial charge is 0.343 e. The Bertz CT molecular complexity index is 819. The van der Waals surface area contributed by atoms with Crippen LogP contribution in [0, 0.1) is 5.82 Å². The fraction of sp³-hybridized carbons (Fsp3) is 0.300. The van der Waals surface area contributed by atoms with Crippen LogP contribution >= 0.6 is 11.6 Å². The van der Waals surface area contributed by atoms with Crippen molar-refractivity contribution in [1.82, 2.24) is 5.32 Å². The van der Waals surface area contributed by atoms with Gasteiger partial charge in [0, 0.05) is 0 Å². The van der Waals surface area contributed by atoms with Crippen LogP contribution in [-0.4, -0.2) is 18.0 Å². The average molecular weight is 376 g/mol. The molecular weight excluding hydrogens is 357 g/mol. The van der Waals surface area contributed by atoms with Gasteiger partial charge in [-0.15, -0.1) is 0 Å². The number of halogens is 2. The fourth-order valence-electron chi connectivity index (χ4n) is 3.16. The van der Waals surface area contributed by atoms with Gasteiger partial charge in [-0.2, -0.15) is 0 Å². The van der Waals surface area contributed by atoms with Gasteiger partial charge in [-0.25, -0.2) is 9.18 Å². The first-order valence-electron chi connectivity index (χ1n) is 8.50. The third-order valence-electron chi connectivity index (χ3n) is 4.51. The Morgan fingerprint density at radius 3 is 2.77 bits per heavy atom. The quantitative estimate of drug-likeness (QED) is 0.814. The zero-order valence-corrected chi connectivity index (χ0v) is 15.1. The minimum Gasteiger partial charge on any atom is -0.449 e. The molecule has 26 heavy (non-hydrogen) atoms. The molecule has 0 spiro atoms. The van der Waals surface area contributed by atoms with Crippen molar-refractivity contribution in [3.8, 4) is 0 Å². The highest BCUT2D eigenvalue weighted by Crippen LogP contribution is 2.29. The third-order valence-corrected chi connectivity index (χ3v) is 4.82. The number of ether oxygens (including phenoxy) is 1. The molecule has 2 aromatic rings. The molecular formula is C20H19ClFNO3. The Balaban J connectivity index is 1.67. The van der Waals surface area contributed by atoms with Crippen molar-refractivity contribution in [2.45, 2.75) is 38.3 Å². The monoisotopic (exact) mass is 375 g/mol. The van der Waals surface area contributed by atoms with Gasteiger partial charge in [0.1, 0.15) is 11.4 Å². The summed E-state index contributed by atoms with van der Waals surface area (Å²) in [6.07, 6.45) is 1.72. The number of carbonyl (C=O) groups is 2. The normalized spacial score (nSPS) is 17.1. The summed E-state index contributed by atoms with van der Waals surface area (Å²) in [6.45, 7) is 1.46. The number of hydrogen-bond donors (Lipinski definition) is 1. The Hall–Kier alpha value is -2.40. The van der Waals surface area contributed by atoms with Crippen LogP contribution < -0.4 is 5.32 Å². The second-order valence-corrected chi connectivity index (χ2v) is 6.70. The molecule has 0 fully saturated rings. The van der Waals surface area contributed by atoms with Crippen LogP contribution in [0.2, 0.25) is 5.02 Å². The third kappa shape index (κ3) is 3.88. The molecule has 0 heterocycles. The van der Waals surface area contributed by atoms with Crippen molar-refractivity contribution in [2.75, 3.05) is 0 Å². The Kier molecular flexibility index (Phi) is 5.57. The summed E-state index contributed by atoms with van der Waals surface area (Å²) in [5.41, 5.74) is 1.94. The fourth-order valence-corrected chi connectivity index (χ4v) is 3.40. The van der Waals surface area contributed by atoms with Crippen molar-refractivity contribution in [3.05, 3.63) is 70.0 Å². The number of fused-ring (bicyclic) bond motifs is 1. The summed E-state index contributed by atoms with van der Waals surface area (Å²) >= 11 is 5.86. The lowest BCUT2D eigenvalue weighted by atomic mass is 9.87. The topological polar surface area (TPSA) is 55.4 Å². The van der Waals surface area contributed by atoms with E-state index < -0.39 is 23.8 Å². The summed E-state index contributed by atoms with van der Waals surface area (Å²) in [4.78, 5) is 24.6. The molecule has 1 aliphatic rings. The number of aryl methyl sites for hydroxylation is 1. The lowest BCUT2D eigenvalue weighted by Crippen LogP contribution is -2.39. The maximum Gasteiger partial charge on any atom is 0.343 e. The SMILES string of the molecule is C[C@H](OC(=O)c1c(F)cccc1Cl)C(=O)N[C@@H]1CCCc2ccccc21. The number of carbonyl (C=O) groups excluding carboxylic acids is 2. The van der Waals surface area contributed by atoms with E-state index in [0.717, 1.165) is 30.9 Å². The highest BCUT2D eigenvalue weighted by Gasteiger charge is 2.27. The number of nitrogens with one attached hydrogen (secondary N) is 1. The average Bonchev–Trinajstić information content (AvgIpc) is 2.61. The molecule has 0 saturated heterocycles. The molecule has 6 heteroatoms. The first kappa shape index (κ1) is 18.4. The van der Waals surface area contributed by atoms with E-state index in [1.807, 2.05) is 18.2 Å². The molecule has 0 saturated carbocycles. The van der Waals surface area contributed by atoms with Crippen LogP contribution in [0.4, 0.5) is 4.39 Å². The first-order valence-corrected chi connectivity index (χ1v) is 8.88. The van der Waals surface area contributed by atoms with Gasteiger partial charge in [-0.3, -0.25) is 4.79 Å². The molecule has 3 rings (SSSR count). The van der Waals surface area contributed by atoms with Gasteiger partial charge in [0.25, 0.3) is 5.91 Å². The maximum absolute atomic E-state index is 13.8. The van der Waals surface area contributed by atoms with E-state index in [2.05, 4.69) is 11.4 Å². The second kappa shape index (κ2) is 7.87. The van der Waals surface area contributed by atoms with Gasteiger partial charge in [-0.05, 0) is 49.4 Å². The van der Waals surface area contributed by atoms with E-state index in [9.17, 15) is 14.0 Å². The van der Waals surface area contributed by atoms with Crippen molar-refractivity contribution < 1.29 is 18.7 Å². The molecule has 0 unspecified atom stereocenters. The lowest BCUT2D eigenvalue weighted by molar-refractivity contribution is -0.130. The second-order valence-electron chi connectivity index (χ2n) is 6.30. The van der Waals surface area contributed by atoms with Gasteiger partial charge in [0.15, 0.2) is 6.10 Å². The summed E-state index contributed by atoms with van der Waals surface area (Å²) in [5, 5.41) is 2.87. The predicted molar refractivity (Wildman–Crippen MR) is 96.6 cm³/mol. The zero-order valence-electron chi connectivity index (χ0n) is 14.3. The minimum atomic E-state index is -1.06. The van der Waals surface area contributed by atoms with E-state index in [1.54, 1.807) is 0 Å². The summed E-state index contributed by atoms with van der Waals surface area (Å²) in [6, 6.07) is 11.7. The van der Waals surface area contributed by atoms with Gasteiger partial charge in [0.2, 0.25) is 0 Å². The standard InChI is InChI=1S/C20H19ClFNO3/c1-12(26-20(25)18-15(21)9-5-10-16(18)22)19(24)23-17-11-4-7-13-6-2-3-8-14(13)17/h2-3,5-6,8-10,12,17H,4,7,11H2,1H3,(H,23,24)/t12-,17+/m0/s1. The van der Waals surface area contributed by atoms with E-state index in [-0.39, 0.29) is 16.6 Å². The van der Waals surface area contributed by atoms with Crippen molar-refractivity contribution in [1.29, 1.82) is 0 Å². The maximum atomic E-state index is 13.8. The molecule has 0 bridgehead atoms. The molecule has 2 aromatic carbocycles. The number of rotatable bonds is 4. The molecule has 1 amide bonds. The van der Waals surface area contributed by atoms with E-state index in [4.69, 9.17) is 16.3 Å². The molecule has 0 aromatic heterocycles. The highest BCUT2D eigenvalue weighted by molar-refractivity contribution is 6.33. The van der Waals surface area contributed by atoms with E-state index in [0.29, 0.717) is 0 Å². The lowest BCUT2D eigenvalue weighted by Gasteiger charge is -2.27. The van der Waals surface area contributed by atoms with Crippen molar-refractivity contribution in [3.63, 3.8) is 0 Å². The van der Waals surface area contributed by atoms with Crippen LogP contribution in [0.1, 0.15) is 47.3 Å². The van der Waals surface area contributed by atoms with Crippen LogP contribution in [0.5, 0.6) is 0 Å². The molecule has 2 atom stereocenters. The van der Waals surface area contributed by atoms with Crippen LogP contribution in [0.25, 0.3) is 0 Å².